The largest absolute Gasteiger partial charge is 0.481 e. The van der Waals surface area contributed by atoms with E-state index in [2.05, 4.69) is 67.5 Å². The maximum absolute atomic E-state index is 14.8. The Hall–Kier alpha value is -9.32. The van der Waals surface area contributed by atoms with E-state index in [1.54, 1.807) is 0 Å². The first-order valence-corrected chi connectivity index (χ1v) is 31.8. The minimum atomic E-state index is -1.48. The fraction of sp³-hybridized carbons (Fsp3) is 0.719. The summed E-state index contributed by atoms with van der Waals surface area (Å²) in [6.45, 7) is 2.26. The second-order valence-electron chi connectivity index (χ2n) is 22.5. The summed E-state index contributed by atoms with van der Waals surface area (Å²) in [6, 6.07) is -9.61. The van der Waals surface area contributed by atoms with Crippen LogP contribution in [0.2, 0.25) is 0 Å². The number of guanidine groups is 5. The predicted octanol–water partition coefficient (Wildman–Crippen LogP) is -5.28. The molecular weight excluding hydrogens is 1230 g/mol. The van der Waals surface area contributed by atoms with Crippen molar-refractivity contribution in [2.24, 2.45) is 88.0 Å². The second kappa shape index (κ2) is 51.2. The average Bonchev–Trinajstić information content (AvgIpc) is 1.45. The molecule has 0 bridgehead atoms. The Balaban J connectivity index is 7.24. The minimum absolute atomic E-state index is 0.00398. The number of aliphatic imine (C=N–C) groups is 5. The number of carboxylic acid groups (broad SMARTS) is 2. The van der Waals surface area contributed by atoms with E-state index in [-0.39, 0.29) is 196 Å². The summed E-state index contributed by atoms with van der Waals surface area (Å²) in [5.41, 5.74) is 61.5. The molecule has 0 aliphatic carbocycles. The van der Waals surface area contributed by atoms with Gasteiger partial charge in [-0.1, -0.05) is 0 Å². The molecule has 0 spiro atoms. The summed E-state index contributed by atoms with van der Waals surface area (Å²) < 4.78 is 0. The molecule has 0 saturated carbocycles. The van der Waals surface area contributed by atoms with Gasteiger partial charge in [-0.25, -0.2) is 4.79 Å². The molecule has 37 nitrogen and oxygen atoms in total. The van der Waals surface area contributed by atoms with E-state index in [4.69, 9.17) is 68.2 Å². The monoisotopic (exact) mass is 1340 g/mol. The van der Waals surface area contributed by atoms with Gasteiger partial charge in [0.25, 0.3) is 0 Å². The van der Waals surface area contributed by atoms with Crippen molar-refractivity contribution < 1.29 is 63.0 Å². The summed E-state index contributed by atoms with van der Waals surface area (Å²) in [4.78, 5) is 165. The van der Waals surface area contributed by atoms with Gasteiger partial charge < -0.3 is 121 Å². The number of amides is 8. The van der Waals surface area contributed by atoms with Crippen molar-refractivity contribution in [3.8, 4) is 0 Å². The molecule has 0 aliphatic heterocycles. The van der Waals surface area contributed by atoms with Gasteiger partial charge in [-0.15, -0.1) is 0 Å². The zero-order valence-electron chi connectivity index (χ0n) is 54.3. The normalized spacial score (nSPS) is 13.0. The summed E-state index contributed by atoms with van der Waals surface area (Å²) in [5, 5.41) is 40.3. The molecule has 0 saturated heterocycles. The number of carboxylic acids is 2. The van der Waals surface area contributed by atoms with E-state index in [9.17, 15) is 57.8 Å². The molecule has 0 heterocycles. The molecule has 0 aliphatic rings. The summed E-state index contributed by atoms with van der Waals surface area (Å²) >= 11 is 0. The van der Waals surface area contributed by atoms with Crippen molar-refractivity contribution in [2.75, 3.05) is 45.8 Å². The highest BCUT2D eigenvalue weighted by atomic mass is 16.4. The van der Waals surface area contributed by atoms with E-state index in [0.717, 1.165) is 0 Å². The standard InChI is InChI=1S/C57H108N24O13/c1-35(82)17-2-3-25-43(83)70-29-11-7-19-37(77-49(90)39(22-14-32-73-55(63)64)76-46(87)36(58)18-6-10-28-69-44(84)26-4-5-27-45(85)86)47(88)79-40(23-15-33-74-56(65)66)50(91)78-38(20-8-12-30-71-53(59)60)48(89)80-41(24-16-34-75-57(67)68)51(92)81-42(52(93)94)21-9-13-31-72-54(61)62/h36-42H,2-34,58H2,1H3,(H,69,84)(H,70,83)(H,76,87)(H,77,90)(H,78,91)(H,79,88)(H,80,89)(H,81,92)(H,85,86)(H,93,94)(H4,59,60,71)(H4,61,62,72)(H4,63,64,73)(H4,65,66,74)(H4,67,68,75)/t36?,37?,38?,39-,40-,41-,42-/m0/s1. The molecule has 94 heavy (non-hydrogen) atoms. The third-order valence-corrected chi connectivity index (χ3v) is 14.1. The van der Waals surface area contributed by atoms with Crippen molar-refractivity contribution in [3.63, 3.8) is 0 Å². The number of carbonyl (C=O) groups excluding carboxylic acids is 9. The Labute approximate surface area is 548 Å². The number of nitrogens with one attached hydrogen (secondary N) is 8. The van der Waals surface area contributed by atoms with Crippen LogP contribution in [0.3, 0.4) is 0 Å². The van der Waals surface area contributed by atoms with Crippen LogP contribution in [0, 0.1) is 0 Å². The Morgan fingerprint density at radius 2 is 0.585 bits per heavy atom. The van der Waals surface area contributed by atoms with Crippen molar-refractivity contribution in [3.05, 3.63) is 0 Å². The quantitative estimate of drug-likeness (QED) is 0.0154. The summed E-state index contributed by atoms with van der Waals surface area (Å²) in [5.74, 6) is -9.03. The summed E-state index contributed by atoms with van der Waals surface area (Å²) in [7, 11) is 0. The van der Waals surface area contributed by atoms with E-state index >= 15 is 0 Å². The second-order valence-corrected chi connectivity index (χ2v) is 22.5. The van der Waals surface area contributed by atoms with Gasteiger partial charge in [0, 0.05) is 71.5 Å². The number of rotatable bonds is 55. The fourth-order valence-electron chi connectivity index (χ4n) is 9.04. The van der Waals surface area contributed by atoms with Gasteiger partial charge >= 0.3 is 11.9 Å². The van der Waals surface area contributed by atoms with Gasteiger partial charge in [-0.2, -0.15) is 0 Å². The Morgan fingerprint density at radius 1 is 0.319 bits per heavy atom. The minimum Gasteiger partial charge on any atom is -0.481 e. The van der Waals surface area contributed by atoms with Crippen LogP contribution >= 0.6 is 0 Å². The van der Waals surface area contributed by atoms with Crippen LogP contribution in [-0.2, 0) is 52.7 Å². The van der Waals surface area contributed by atoms with E-state index in [1.165, 1.54) is 6.92 Å². The molecule has 0 radical (unpaired) electrons. The maximum atomic E-state index is 14.8. The first kappa shape index (κ1) is 84.7. The number of Topliss-reactive ketones (excluding diaryl/α,β-unsaturated/α-hetero) is 1. The molecule has 3 unspecified atom stereocenters. The van der Waals surface area contributed by atoms with E-state index < -0.39 is 89.7 Å². The summed E-state index contributed by atoms with van der Waals surface area (Å²) in [6.07, 6.45) is 4.87. The molecular formula is C57H108N24O13. The highest BCUT2D eigenvalue weighted by Crippen LogP contribution is 2.13. The highest BCUT2D eigenvalue weighted by Gasteiger charge is 2.34. The van der Waals surface area contributed by atoms with Gasteiger partial charge in [0.05, 0.1) is 6.04 Å². The SMILES string of the molecule is CC(=O)CCCCC(=O)NCCCCC(NC(=O)[C@H](CCCN=C(N)N)NC(=O)C(N)CCCCNC(=O)CCCCC(=O)O)C(=O)N[C@@H](CCCN=C(N)N)C(=O)NC(CCCCN=C(N)N)C(=O)N[C@@H](CCCN=C(N)N)C(=O)N[C@@H](CCCCN=C(N)N)C(=O)O. The third kappa shape index (κ3) is 45.9. The van der Waals surface area contributed by atoms with Crippen LogP contribution in [0.5, 0.6) is 0 Å². The van der Waals surface area contributed by atoms with Gasteiger partial charge in [-0.05, 0) is 148 Å². The number of aliphatic carboxylic acids is 2. The molecule has 32 N–H and O–H groups in total. The van der Waals surface area contributed by atoms with Crippen LogP contribution in [0.15, 0.2) is 25.0 Å². The maximum Gasteiger partial charge on any atom is 0.326 e. The number of unbranched alkanes of at least 4 members (excludes halogenated alkanes) is 6. The third-order valence-electron chi connectivity index (χ3n) is 14.1. The van der Waals surface area contributed by atoms with Crippen LogP contribution in [0.4, 0.5) is 0 Å². The topological polar surface area (TPSA) is 672 Å². The van der Waals surface area contributed by atoms with E-state index in [0.29, 0.717) is 64.2 Å². The smallest absolute Gasteiger partial charge is 0.326 e. The lowest BCUT2D eigenvalue weighted by Gasteiger charge is -2.28. The van der Waals surface area contributed by atoms with E-state index in [1.807, 2.05) is 0 Å². The Bertz CT molecular complexity index is 2520. The van der Waals surface area contributed by atoms with Crippen LogP contribution in [-0.4, -0.2) is 193 Å². The Morgan fingerprint density at radius 3 is 0.904 bits per heavy atom. The van der Waals surface area contributed by atoms with Gasteiger partial charge in [0.1, 0.15) is 42.0 Å². The fourth-order valence-corrected chi connectivity index (χ4v) is 9.04. The molecule has 0 aromatic heterocycles. The number of hydrogen-bond donors (Lipinski definition) is 21. The van der Waals surface area contributed by atoms with Crippen molar-refractivity contribution >= 4 is 94.8 Å². The molecule has 0 aromatic rings. The van der Waals surface area contributed by atoms with Gasteiger partial charge in [0.15, 0.2) is 29.8 Å². The zero-order chi connectivity index (χ0) is 70.8. The number of nitrogens with two attached hydrogens (primary N) is 11. The molecule has 0 fully saturated rings. The van der Waals surface area contributed by atoms with Crippen molar-refractivity contribution in [1.82, 2.24) is 42.5 Å². The first-order valence-electron chi connectivity index (χ1n) is 31.8. The molecule has 8 amide bonds. The van der Waals surface area contributed by atoms with Crippen LogP contribution in [0.1, 0.15) is 174 Å². The molecule has 7 atom stereocenters. The number of hydrogen-bond acceptors (Lipinski definition) is 17. The molecule has 37 heteroatoms. The van der Waals surface area contributed by atoms with Crippen molar-refractivity contribution in [2.45, 2.75) is 216 Å². The van der Waals surface area contributed by atoms with Gasteiger partial charge in [-0.3, -0.25) is 68.1 Å². The predicted molar refractivity (Wildman–Crippen MR) is 355 cm³/mol. The molecule has 0 rings (SSSR count). The lowest BCUT2D eigenvalue weighted by atomic mass is 10.0. The van der Waals surface area contributed by atoms with Crippen molar-refractivity contribution in [1.29, 1.82) is 0 Å². The number of ketones is 1. The number of carbonyl (C=O) groups is 11. The highest BCUT2D eigenvalue weighted by molar-refractivity contribution is 5.97. The first-order chi connectivity index (χ1) is 44.5. The zero-order valence-corrected chi connectivity index (χ0v) is 54.3. The van der Waals surface area contributed by atoms with Crippen LogP contribution in [0.25, 0.3) is 0 Å². The molecule has 534 valence electrons. The average molecular weight is 1340 g/mol. The van der Waals surface area contributed by atoms with Crippen LogP contribution < -0.4 is 106 Å². The Kier molecular flexibility index (Phi) is 46.1. The molecule has 0 aromatic carbocycles. The van der Waals surface area contributed by atoms with Gasteiger partial charge in [0.2, 0.25) is 47.3 Å². The lowest BCUT2D eigenvalue weighted by molar-refractivity contribution is -0.142. The number of nitrogens with zero attached hydrogens (tertiary/aromatic N) is 5. The lowest BCUT2D eigenvalue weighted by Crippen LogP contribution is -2.59.